The van der Waals surface area contributed by atoms with Gasteiger partial charge < -0.3 is 4.74 Å². The number of halogens is 1. The molecule has 0 bridgehead atoms. The molecule has 1 amide bonds. The van der Waals surface area contributed by atoms with E-state index in [1.807, 2.05) is 0 Å². The van der Waals surface area contributed by atoms with E-state index in [2.05, 4.69) is 5.43 Å². The van der Waals surface area contributed by atoms with E-state index >= 15 is 0 Å². The van der Waals surface area contributed by atoms with Crippen LogP contribution in [0.2, 0.25) is 5.02 Å². The third kappa shape index (κ3) is 4.09. The molecular weight excluding hydrogens is 378 g/mol. The maximum absolute atomic E-state index is 13.0. The second-order valence-electron chi connectivity index (χ2n) is 5.62. The number of methoxy groups -OCH3 is 1. The van der Waals surface area contributed by atoms with Gasteiger partial charge in [0.1, 0.15) is 5.75 Å². The molecule has 0 aliphatic rings. The van der Waals surface area contributed by atoms with E-state index in [0.29, 0.717) is 11.4 Å². The molecule has 0 saturated heterocycles. The predicted molar refractivity (Wildman–Crippen MR) is 101 cm³/mol. The summed E-state index contributed by atoms with van der Waals surface area (Å²) in [5.41, 5.74) is 2.98. The minimum absolute atomic E-state index is 0.0563. The number of benzene rings is 2. The van der Waals surface area contributed by atoms with Gasteiger partial charge in [0.2, 0.25) is 0 Å². The number of carbonyl (C=O) groups excluding carboxylic acids is 1. The number of rotatable bonds is 6. The summed E-state index contributed by atoms with van der Waals surface area (Å²) in [5.74, 6) is -0.0879. The largest absolute Gasteiger partial charge is 0.495 e. The number of hydrogen-bond donors (Lipinski definition) is 1. The number of carbonyl (C=O) groups is 1. The average Bonchev–Trinajstić information content (AvgIpc) is 2.60. The highest BCUT2D eigenvalue weighted by molar-refractivity contribution is 7.92. The second-order valence-corrected chi connectivity index (χ2v) is 8.00. The number of nitrogens with one attached hydrogen (secondary N) is 1. The van der Waals surface area contributed by atoms with Crippen molar-refractivity contribution in [3.63, 3.8) is 0 Å². The minimum Gasteiger partial charge on any atom is -0.495 e. The van der Waals surface area contributed by atoms with Crippen LogP contribution < -0.4 is 14.5 Å². The number of para-hydroxylation sites is 2. The molecule has 2 aromatic carbocycles. The van der Waals surface area contributed by atoms with Crippen molar-refractivity contribution in [1.29, 1.82) is 0 Å². The van der Waals surface area contributed by atoms with E-state index in [-0.39, 0.29) is 15.5 Å². The van der Waals surface area contributed by atoms with Gasteiger partial charge in [-0.2, -0.15) is 0 Å². The zero-order chi connectivity index (χ0) is 19.5. The van der Waals surface area contributed by atoms with Crippen LogP contribution in [0.15, 0.2) is 47.4 Å². The highest BCUT2D eigenvalue weighted by atomic mass is 35.5. The molecular formula is C17H20ClN3O4S. The van der Waals surface area contributed by atoms with Crippen LogP contribution in [0.4, 0.5) is 5.69 Å². The van der Waals surface area contributed by atoms with E-state index in [9.17, 15) is 13.2 Å². The molecule has 0 atom stereocenters. The van der Waals surface area contributed by atoms with Gasteiger partial charge in [-0.05, 0) is 30.3 Å². The molecule has 0 unspecified atom stereocenters. The lowest BCUT2D eigenvalue weighted by molar-refractivity contribution is 0.0857. The molecule has 26 heavy (non-hydrogen) atoms. The number of sulfonamides is 1. The Bertz CT molecular complexity index is 916. The smallest absolute Gasteiger partial charge is 0.267 e. The zero-order valence-electron chi connectivity index (χ0n) is 14.9. The number of ether oxygens (including phenoxy) is 1. The van der Waals surface area contributed by atoms with Crippen LogP contribution in [0.5, 0.6) is 5.75 Å². The quantitative estimate of drug-likeness (QED) is 0.757. The monoisotopic (exact) mass is 397 g/mol. The number of hydrogen-bond acceptors (Lipinski definition) is 5. The molecule has 0 saturated carbocycles. The molecule has 0 heterocycles. The molecule has 0 aliphatic heterocycles. The molecule has 9 heteroatoms. The van der Waals surface area contributed by atoms with Crippen molar-refractivity contribution in [3.05, 3.63) is 53.1 Å². The second kappa shape index (κ2) is 7.94. The molecule has 0 aliphatic carbocycles. The number of anilines is 1. The molecule has 2 aromatic rings. The standard InChI is InChI=1S/C17H20ClN3O4S/c1-20(2)19-17(22)13-11-12(9-10-14(13)18)26(23,24)21(3)15-7-5-6-8-16(15)25-4/h5-11H,1-4H3,(H,19,22). The number of nitrogens with zero attached hydrogens (tertiary/aromatic N) is 2. The van der Waals surface area contributed by atoms with Crippen molar-refractivity contribution in [1.82, 2.24) is 10.4 Å². The van der Waals surface area contributed by atoms with Crippen LogP contribution in [0.25, 0.3) is 0 Å². The molecule has 1 N–H and O–H groups in total. The SMILES string of the molecule is COc1ccccc1N(C)S(=O)(=O)c1ccc(Cl)c(C(=O)NN(C)C)c1. The maximum atomic E-state index is 13.0. The van der Waals surface area contributed by atoms with Gasteiger partial charge in [0, 0.05) is 21.1 Å². The van der Waals surface area contributed by atoms with E-state index in [0.717, 1.165) is 4.31 Å². The fourth-order valence-electron chi connectivity index (χ4n) is 2.28. The Morgan fingerprint density at radius 2 is 1.77 bits per heavy atom. The van der Waals surface area contributed by atoms with Crippen molar-refractivity contribution in [3.8, 4) is 5.75 Å². The van der Waals surface area contributed by atoms with E-state index < -0.39 is 15.9 Å². The molecule has 140 valence electrons. The van der Waals surface area contributed by atoms with Gasteiger partial charge in [-0.1, -0.05) is 23.7 Å². The fraction of sp³-hybridized carbons (Fsp3) is 0.235. The Labute approximate surface area is 158 Å². The molecule has 2 rings (SSSR count). The minimum atomic E-state index is -3.92. The Hall–Kier alpha value is -2.29. The summed E-state index contributed by atoms with van der Waals surface area (Å²) in [6.07, 6.45) is 0. The predicted octanol–water partition coefficient (Wildman–Crippen LogP) is 2.38. The van der Waals surface area contributed by atoms with Crippen molar-refractivity contribution >= 4 is 33.2 Å². The summed E-state index contributed by atoms with van der Waals surface area (Å²) in [6, 6.07) is 10.7. The molecule has 7 nitrogen and oxygen atoms in total. The summed E-state index contributed by atoms with van der Waals surface area (Å²) in [5, 5.41) is 1.60. The highest BCUT2D eigenvalue weighted by Crippen LogP contribution is 2.31. The number of hydrazine groups is 1. The first-order chi connectivity index (χ1) is 12.2. The average molecular weight is 398 g/mol. The molecule has 0 radical (unpaired) electrons. The van der Waals surface area contributed by atoms with Crippen LogP contribution in [0, 0.1) is 0 Å². The third-order valence-electron chi connectivity index (χ3n) is 3.59. The maximum Gasteiger partial charge on any atom is 0.267 e. The lowest BCUT2D eigenvalue weighted by Crippen LogP contribution is -2.36. The first-order valence-corrected chi connectivity index (χ1v) is 9.40. The summed E-state index contributed by atoms with van der Waals surface area (Å²) in [7, 11) is 2.24. The van der Waals surface area contributed by atoms with Crippen molar-refractivity contribution in [2.45, 2.75) is 4.90 Å². The summed E-state index contributed by atoms with van der Waals surface area (Å²) < 4.78 is 32.3. The molecule has 0 aromatic heterocycles. The van der Waals surface area contributed by atoms with Crippen LogP contribution in [-0.4, -0.2) is 47.6 Å². The van der Waals surface area contributed by atoms with E-state index in [4.69, 9.17) is 16.3 Å². The third-order valence-corrected chi connectivity index (χ3v) is 5.69. The zero-order valence-corrected chi connectivity index (χ0v) is 16.4. The first-order valence-electron chi connectivity index (χ1n) is 7.58. The van der Waals surface area contributed by atoms with Crippen molar-refractivity contribution in [2.75, 3.05) is 32.6 Å². The molecule has 0 fully saturated rings. The van der Waals surface area contributed by atoms with Crippen LogP contribution >= 0.6 is 11.6 Å². The first kappa shape index (κ1) is 20.0. The van der Waals surface area contributed by atoms with E-state index in [1.165, 1.54) is 37.4 Å². The number of amides is 1. The van der Waals surface area contributed by atoms with Gasteiger partial charge in [-0.15, -0.1) is 0 Å². The van der Waals surface area contributed by atoms with Gasteiger partial charge in [0.05, 0.1) is 28.3 Å². The van der Waals surface area contributed by atoms with Crippen LogP contribution in [0.3, 0.4) is 0 Å². The Morgan fingerprint density at radius 1 is 1.12 bits per heavy atom. The van der Waals surface area contributed by atoms with E-state index in [1.54, 1.807) is 38.4 Å². The Kier molecular flexibility index (Phi) is 6.12. The Morgan fingerprint density at radius 3 is 2.38 bits per heavy atom. The lowest BCUT2D eigenvalue weighted by atomic mass is 10.2. The van der Waals surface area contributed by atoms with Crippen molar-refractivity contribution in [2.24, 2.45) is 0 Å². The fourth-order valence-corrected chi connectivity index (χ4v) is 3.72. The topological polar surface area (TPSA) is 78.9 Å². The van der Waals surface area contributed by atoms with Crippen LogP contribution in [-0.2, 0) is 10.0 Å². The van der Waals surface area contributed by atoms with Gasteiger partial charge in [0.15, 0.2) is 0 Å². The summed E-state index contributed by atoms with van der Waals surface area (Å²) >= 11 is 6.06. The molecule has 0 spiro atoms. The lowest BCUT2D eigenvalue weighted by Gasteiger charge is -2.22. The van der Waals surface area contributed by atoms with Gasteiger partial charge in [-0.3, -0.25) is 14.5 Å². The van der Waals surface area contributed by atoms with Gasteiger partial charge in [-0.25, -0.2) is 13.4 Å². The Balaban J connectivity index is 2.47. The summed E-state index contributed by atoms with van der Waals surface area (Å²) in [6.45, 7) is 0. The normalized spacial score (nSPS) is 11.3. The highest BCUT2D eigenvalue weighted by Gasteiger charge is 2.25. The summed E-state index contributed by atoms with van der Waals surface area (Å²) in [4.78, 5) is 12.2. The van der Waals surface area contributed by atoms with Crippen molar-refractivity contribution < 1.29 is 17.9 Å². The van der Waals surface area contributed by atoms with Gasteiger partial charge in [0.25, 0.3) is 15.9 Å². The van der Waals surface area contributed by atoms with Crippen LogP contribution in [0.1, 0.15) is 10.4 Å². The van der Waals surface area contributed by atoms with Gasteiger partial charge >= 0.3 is 0 Å².